The fraction of sp³-hybridized carbons (Fsp3) is 1.00. The van der Waals surface area contributed by atoms with Crippen molar-refractivity contribution in [3.8, 4) is 0 Å². The van der Waals surface area contributed by atoms with Gasteiger partial charge >= 0.3 is 59.2 Å². The van der Waals surface area contributed by atoms with Gasteiger partial charge in [-0.2, -0.15) is 0 Å². The first kappa shape index (κ1) is 18.1. The molecule has 0 saturated heterocycles. The van der Waals surface area contributed by atoms with Gasteiger partial charge in [-0.3, -0.25) is 4.52 Å². The second-order valence-corrected chi connectivity index (χ2v) is 4.33. The van der Waals surface area contributed by atoms with E-state index in [9.17, 15) is 4.57 Å². The van der Waals surface area contributed by atoms with Gasteiger partial charge in [0.1, 0.15) is 0 Å². The third-order valence-corrected chi connectivity index (χ3v) is 2.28. The molecule has 0 aromatic carbocycles. The van der Waals surface area contributed by atoms with Crippen molar-refractivity contribution in [1.82, 2.24) is 0 Å². The summed E-state index contributed by atoms with van der Waals surface area (Å²) < 4.78 is 14.5. The molecule has 0 saturated carbocycles. The van der Waals surface area contributed by atoms with E-state index in [0.29, 0.717) is 0 Å². The molecule has 14 heavy (non-hydrogen) atoms. The summed E-state index contributed by atoms with van der Waals surface area (Å²) >= 11 is 0. The minimum absolute atomic E-state index is 0. The van der Waals surface area contributed by atoms with Gasteiger partial charge in [0.25, 0.3) is 0 Å². The molecule has 2 N–H and O–H groups in total. The van der Waals surface area contributed by atoms with Gasteiger partial charge in [0.15, 0.2) is 0 Å². The van der Waals surface area contributed by atoms with Crippen LogP contribution in [0, 0.1) is 0 Å². The van der Waals surface area contributed by atoms with E-state index in [1.54, 1.807) is 0 Å². The first-order valence-electron chi connectivity index (χ1n) is 4.76. The Labute approximate surface area is 128 Å². The summed E-state index contributed by atoms with van der Waals surface area (Å²) in [6, 6.07) is 0. The molecule has 0 bridgehead atoms. The predicted octanol–water partition coefficient (Wildman–Crippen LogP) is 1.81. The van der Waals surface area contributed by atoms with E-state index >= 15 is 0 Å². The Balaban J connectivity index is 0. The van der Waals surface area contributed by atoms with Crippen LogP contribution >= 0.6 is 7.82 Å². The molecule has 0 fully saturated rings. The number of unbranched alkanes of at least 4 members (excludes halogenated alkanes) is 5. The van der Waals surface area contributed by atoms with Crippen molar-refractivity contribution >= 4 is 59.2 Å². The number of phosphoric acid groups is 1. The Morgan fingerprint density at radius 1 is 1.07 bits per heavy atom. The van der Waals surface area contributed by atoms with Crippen LogP contribution in [0.2, 0.25) is 0 Å². The van der Waals surface area contributed by atoms with E-state index in [4.69, 9.17) is 9.79 Å². The van der Waals surface area contributed by atoms with E-state index in [1.165, 1.54) is 19.3 Å². The van der Waals surface area contributed by atoms with Crippen LogP contribution in [0.15, 0.2) is 0 Å². The topological polar surface area (TPSA) is 66.8 Å². The molecular weight excluding hydrogens is 230 g/mol. The molecule has 0 heterocycles. The van der Waals surface area contributed by atoms with Crippen LogP contribution in [0.1, 0.15) is 45.4 Å². The van der Waals surface area contributed by atoms with Gasteiger partial charge in [0.2, 0.25) is 0 Å². The summed E-state index contributed by atoms with van der Waals surface area (Å²) in [5.74, 6) is 0. The van der Waals surface area contributed by atoms with Crippen LogP contribution in [0.3, 0.4) is 0 Å². The molecule has 0 rings (SSSR count). The fourth-order valence-corrected chi connectivity index (χ4v) is 1.43. The van der Waals surface area contributed by atoms with Crippen molar-refractivity contribution in [3.63, 3.8) is 0 Å². The molecule has 0 aliphatic rings. The number of hydrogen-bond acceptors (Lipinski definition) is 2. The Hall–Kier alpha value is 1.75. The predicted molar refractivity (Wildman–Crippen MR) is 58.5 cm³/mol. The first-order valence-corrected chi connectivity index (χ1v) is 6.29. The zero-order chi connectivity index (χ0) is 10.2. The van der Waals surface area contributed by atoms with Gasteiger partial charge in [-0.25, -0.2) is 4.57 Å². The first-order chi connectivity index (χ1) is 6.06. The Morgan fingerprint density at radius 3 is 2.07 bits per heavy atom. The Morgan fingerprint density at radius 2 is 1.57 bits per heavy atom. The second kappa shape index (κ2) is 11.2. The summed E-state index contributed by atoms with van der Waals surface area (Å²) in [5, 5.41) is 0. The third-order valence-electron chi connectivity index (χ3n) is 1.76. The van der Waals surface area contributed by atoms with Gasteiger partial charge < -0.3 is 9.79 Å². The van der Waals surface area contributed by atoms with Crippen LogP contribution in [0.4, 0.5) is 0 Å². The van der Waals surface area contributed by atoms with Crippen molar-refractivity contribution in [1.29, 1.82) is 0 Å². The number of hydrogen-bond donors (Lipinski definition) is 2. The summed E-state index contributed by atoms with van der Waals surface area (Å²) in [6.45, 7) is 2.31. The SMILES string of the molecule is CCCCCCCCOP(=O)(O)O.[KH]. The second-order valence-electron chi connectivity index (χ2n) is 3.09. The van der Waals surface area contributed by atoms with Crippen LogP contribution in [-0.4, -0.2) is 67.8 Å². The van der Waals surface area contributed by atoms with E-state index in [0.717, 1.165) is 19.3 Å². The molecule has 0 atom stereocenters. The van der Waals surface area contributed by atoms with Crippen molar-refractivity contribution in [2.45, 2.75) is 45.4 Å². The van der Waals surface area contributed by atoms with Gasteiger partial charge in [0, 0.05) is 0 Å². The third kappa shape index (κ3) is 16.2. The zero-order valence-electron chi connectivity index (χ0n) is 8.11. The molecular formula is C8H20KO4P. The van der Waals surface area contributed by atoms with Crippen molar-refractivity contribution in [3.05, 3.63) is 0 Å². The van der Waals surface area contributed by atoms with Crippen LogP contribution in [0.25, 0.3) is 0 Å². The summed E-state index contributed by atoms with van der Waals surface area (Å²) in [4.78, 5) is 16.7. The Bertz CT molecular complexity index is 159. The molecule has 0 aromatic rings. The maximum atomic E-state index is 10.2. The molecule has 6 heteroatoms. The molecule has 0 radical (unpaired) electrons. The number of phosphoric ester groups is 1. The van der Waals surface area contributed by atoms with E-state index in [2.05, 4.69) is 11.4 Å². The minimum atomic E-state index is -4.23. The van der Waals surface area contributed by atoms with Crippen LogP contribution in [0.5, 0.6) is 0 Å². The van der Waals surface area contributed by atoms with Crippen molar-refractivity contribution < 1.29 is 18.9 Å². The van der Waals surface area contributed by atoms with Crippen molar-refractivity contribution in [2.75, 3.05) is 6.61 Å². The molecule has 0 unspecified atom stereocenters. The molecule has 4 nitrogen and oxygen atoms in total. The molecule has 82 valence electrons. The maximum absolute atomic E-state index is 10.2. The average molecular weight is 250 g/mol. The molecule has 0 amide bonds. The normalized spacial score (nSPS) is 11.1. The molecule has 0 aliphatic carbocycles. The van der Waals surface area contributed by atoms with Crippen LogP contribution < -0.4 is 0 Å². The Kier molecular flexibility index (Phi) is 14.5. The summed E-state index contributed by atoms with van der Waals surface area (Å²) in [6.07, 6.45) is 6.48. The van der Waals surface area contributed by atoms with Gasteiger partial charge in [-0.05, 0) is 6.42 Å². The molecule has 0 aliphatic heterocycles. The van der Waals surface area contributed by atoms with Crippen LogP contribution in [-0.2, 0) is 9.09 Å². The van der Waals surface area contributed by atoms with Crippen molar-refractivity contribution in [2.24, 2.45) is 0 Å². The van der Waals surface area contributed by atoms with Gasteiger partial charge in [-0.1, -0.05) is 39.0 Å². The molecule has 0 spiro atoms. The monoisotopic (exact) mass is 250 g/mol. The molecule has 0 aromatic heterocycles. The van der Waals surface area contributed by atoms with E-state index < -0.39 is 7.82 Å². The number of rotatable bonds is 8. The quantitative estimate of drug-likeness (QED) is 0.391. The van der Waals surface area contributed by atoms with E-state index in [1.807, 2.05) is 0 Å². The van der Waals surface area contributed by atoms with Gasteiger partial charge in [-0.15, -0.1) is 0 Å². The van der Waals surface area contributed by atoms with Gasteiger partial charge in [0.05, 0.1) is 6.61 Å². The summed E-state index contributed by atoms with van der Waals surface area (Å²) in [5.41, 5.74) is 0. The fourth-order valence-electron chi connectivity index (χ4n) is 1.07. The average Bonchev–Trinajstić information content (AvgIpc) is 2.01. The van der Waals surface area contributed by atoms with E-state index in [-0.39, 0.29) is 58.0 Å². The zero-order valence-corrected chi connectivity index (χ0v) is 9.00. The standard InChI is InChI=1S/C8H19O4P.K.H/c1-2-3-4-5-6-7-8-12-13(9,10)11;;/h2-8H2,1H3,(H2,9,10,11);;. The summed E-state index contributed by atoms with van der Waals surface area (Å²) in [7, 11) is -4.23.